The molecule has 0 saturated carbocycles. The van der Waals surface area contributed by atoms with E-state index in [1.54, 1.807) is 30.3 Å². The highest BCUT2D eigenvalue weighted by Gasteiger charge is 2.10. The molecule has 0 aliphatic rings. The SMILES string of the molecule is Cc1ccc(C(=O)NC(=S)NNC(=O)CCCOc2ccc(Cl)cc2Cl)cc1Br. The fourth-order valence-corrected chi connectivity index (χ4v) is 3.12. The van der Waals surface area contributed by atoms with Crippen LogP contribution in [-0.4, -0.2) is 23.5 Å². The summed E-state index contributed by atoms with van der Waals surface area (Å²) in [6, 6.07) is 10.1. The molecule has 0 radical (unpaired) electrons. The summed E-state index contributed by atoms with van der Waals surface area (Å²) in [4.78, 5) is 24.0. The fraction of sp³-hybridized carbons (Fsp3) is 0.211. The van der Waals surface area contributed by atoms with E-state index >= 15 is 0 Å². The van der Waals surface area contributed by atoms with Gasteiger partial charge in [0.2, 0.25) is 5.91 Å². The number of amides is 2. The number of benzene rings is 2. The molecule has 154 valence electrons. The highest BCUT2D eigenvalue weighted by atomic mass is 79.9. The first-order valence-corrected chi connectivity index (χ1v) is 10.5. The lowest BCUT2D eigenvalue weighted by molar-refractivity contribution is -0.121. The molecule has 0 aromatic heterocycles. The van der Waals surface area contributed by atoms with Gasteiger partial charge in [-0.2, -0.15) is 0 Å². The number of ether oxygens (including phenoxy) is 1. The molecular formula is C19H18BrCl2N3O3S. The van der Waals surface area contributed by atoms with Gasteiger partial charge >= 0.3 is 0 Å². The van der Waals surface area contributed by atoms with Crippen molar-refractivity contribution >= 4 is 68.3 Å². The molecule has 0 atom stereocenters. The number of halogens is 3. The largest absolute Gasteiger partial charge is 0.492 e. The maximum absolute atomic E-state index is 12.1. The van der Waals surface area contributed by atoms with E-state index in [0.717, 1.165) is 10.0 Å². The topological polar surface area (TPSA) is 79.5 Å². The van der Waals surface area contributed by atoms with E-state index in [2.05, 4.69) is 32.1 Å². The third-order valence-corrected chi connectivity index (χ3v) is 5.27. The first-order chi connectivity index (χ1) is 13.8. The Kier molecular flexibility index (Phi) is 9.16. The summed E-state index contributed by atoms with van der Waals surface area (Å²) >= 11 is 20.2. The Bertz CT molecular complexity index is 928. The summed E-state index contributed by atoms with van der Waals surface area (Å²) in [7, 11) is 0. The normalized spacial score (nSPS) is 10.2. The van der Waals surface area contributed by atoms with E-state index < -0.39 is 0 Å². The Morgan fingerprint density at radius 1 is 1.14 bits per heavy atom. The number of carbonyl (C=O) groups is 2. The maximum Gasteiger partial charge on any atom is 0.257 e. The zero-order valence-electron chi connectivity index (χ0n) is 15.4. The minimum atomic E-state index is -0.384. The van der Waals surface area contributed by atoms with Crippen molar-refractivity contribution in [3.8, 4) is 5.75 Å². The van der Waals surface area contributed by atoms with E-state index in [4.69, 9.17) is 40.2 Å². The molecule has 3 N–H and O–H groups in total. The molecule has 0 fully saturated rings. The summed E-state index contributed by atoms with van der Waals surface area (Å²) in [5, 5.41) is 3.41. The molecule has 29 heavy (non-hydrogen) atoms. The predicted octanol–water partition coefficient (Wildman–Crippen LogP) is 4.56. The van der Waals surface area contributed by atoms with Crippen LogP contribution in [0, 0.1) is 6.92 Å². The standard InChI is InChI=1S/C19H18BrCl2N3O3S/c1-11-4-5-12(9-14(11)20)18(27)23-19(29)25-24-17(26)3-2-8-28-16-7-6-13(21)10-15(16)22/h4-7,9-10H,2-3,8H2,1H3,(H,24,26)(H2,23,25,27,29). The van der Waals surface area contributed by atoms with Crippen molar-refractivity contribution in [1.29, 1.82) is 0 Å². The van der Waals surface area contributed by atoms with Gasteiger partial charge in [0.1, 0.15) is 5.75 Å². The van der Waals surface area contributed by atoms with Crippen LogP contribution in [0.3, 0.4) is 0 Å². The second-order valence-electron chi connectivity index (χ2n) is 5.95. The van der Waals surface area contributed by atoms with E-state index in [0.29, 0.717) is 34.4 Å². The highest BCUT2D eigenvalue weighted by molar-refractivity contribution is 9.10. The Morgan fingerprint density at radius 3 is 2.59 bits per heavy atom. The summed E-state index contributed by atoms with van der Waals surface area (Å²) < 4.78 is 6.33. The van der Waals surface area contributed by atoms with Gasteiger partial charge in [0.15, 0.2) is 5.11 Å². The van der Waals surface area contributed by atoms with E-state index in [1.165, 1.54) is 0 Å². The van der Waals surface area contributed by atoms with Crippen LogP contribution in [0.2, 0.25) is 10.0 Å². The fourth-order valence-electron chi connectivity index (χ4n) is 2.14. The van der Waals surface area contributed by atoms with E-state index in [9.17, 15) is 9.59 Å². The quantitative estimate of drug-likeness (QED) is 0.297. The molecule has 6 nitrogen and oxygen atoms in total. The van der Waals surface area contributed by atoms with Crippen LogP contribution in [0.5, 0.6) is 5.75 Å². The number of hydrogen-bond acceptors (Lipinski definition) is 4. The zero-order chi connectivity index (χ0) is 21.4. The Morgan fingerprint density at radius 2 is 1.90 bits per heavy atom. The van der Waals surface area contributed by atoms with Gasteiger partial charge in [0.05, 0.1) is 11.6 Å². The van der Waals surface area contributed by atoms with Crippen molar-refractivity contribution in [2.75, 3.05) is 6.61 Å². The molecule has 0 bridgehead atoms. The summed E-state index contributed by atoms with van der Waals surface area (Å²) in [5.41, 5.74) is 6.37. The highest BCUT2D eigenvalue weighted by Crippen LogP contribution is 2.27. The summed E-state index contributed by atoms with van der Waals surface area (Å²) in [6.45, 7) is 2.22. The Balaban J connectivity index is 1.67. The van der Waals surface area contributed by atoms with Crippen molar-refractivity contribution in [2.24, 2.45) is 0 Å². The zero-order valence-corrected chi connectivity index (χ0v) is 19.3. The molecule has 10 heteroatoms. The van der Waals surface area contributed by atoms with Gasteiger partial charge in [-0.3, -0.25) is 25.8 Å². The minimum absolute atomic E-state index is 0.00996. The average Bonchev–Trinajstić information content (AvgIpc) is 2.67. The van der Waals surface area contributed by atoms with Crippen LogP contribution in [0.1, 0.15) is 28.8 Å². The first-order valence-electron chi connectivity index (χ1n) is 8.50. The number of thiocarbonyl (C=S) groups is 1. The number of nitrogens with one attached hydrogen (secondary N) is 3. The monoisotopic (exact) mass is 517 g/mol. The lowest BCUT2D eigenvalue weighted by atomic mass is 10.1. The Labute approximate surface area is 192 Å². The van der Waals surface area contributed by atoms with Gasteiger partial charge in [-0.05, 0) is 61.5 Å². The van der Waals surface area contributed by atoms with Gasteiger partial charge in [-0.1, -0.05) is 45.2 Å². The van der Waals surface area contributed by atoms with E-state index in [1.807, 2.05) is 13.0 Å². The van der Waals surface area contributed by atoms with Crippen LogP contribution >= 0.6 is 51.3 Å². The first kappa shape index (κ1) is 23.4. The second-order valence-corrected chi connectivity index (χ2v) is 8.05. The minimum Gasteiger partial charge on any atom is -0.492 e. The summed E-state index contributed by atoms with van der Waals surface area (Å²) in [5.74, 6) is -0.183. The van der Waals surface area contributed by atoms with Gasteiger partial charge < -0.3 is 4.74 Å². The number of carbonyl (C=O) groups excluding carboxylic acids is 2. The molecule has 2 aromatic rings. The molecule has 2 aromatic carbocycles. The predicted molar refractivity (Wildman–Crippen MR) is 121 cm³/mol. The lowest BCUT2D eigenvalue weighted by Crippen LogP contribution is -2.48. The smallest absolute Gasteiger partial charge is 0.257 e. The van der Waals surface area contributed by atoms with E-state index in [-0.39, 0.29) is 23.3 Å². The molecule has 0 aliphatic heterocycles. The molecule has 0 saturated heterocycles. The van der Waals surface area contributed by atoms with Crippen molar-refractivity contribution < 1.29 is 14.3 Å². The van der Waals surface area contributed by atoms with Crippen LogP contribution in [0.4, 0.5) is 0 Å². The maximum atomic E-state index is 12.1. The number of aryl methyl sites for hydroxylation is 1. The van der Waals surface area contributed by atoms with Crippen LogP contribution in [0.15, 0.2) is 40.9 Å². The molecule has 0 aliphatic carbocycles. The van der Waals surface area contributed by atoms with Crippen molar-refractivity contribution in [2.45, 2.75) is 19.8 Å². The third-order valence-electron chi connectivity index (χ3n) is 3.68. The Hall–Kier alpha value is -1.87. The number of hydrogen-bond donors (Lipinski definition) is 3. The van der Waals surface area contributed by atoms with Crippen LogP contribution in [0.25, 0.3) is 0 Å². The summed E-state index contributed by atoms with van der Waals surface area (Å²) in [6.07, 6.45) is 0.655. The lowest BCUT2D eigenvalue weighted by Gasteiger charge is -2.12. The van der Waals surface area contributed by atoms with Crippen LogP contribution < -0.4 is 20.9 Å². The molecule has 2 amide bonds. The van der Waals surface area contributed by atoms with Crippen LogP contribution in [-0.2, 0) is 4.79 Å². The van der Waals surface area contributed by atoms with Crippen molar-refractivity contribution in [1.82, 2.24) is 16.2 Å². The molecule has 0 heterocycles. The average molecular weight is 519 g/mol. The number of rotatable bonds is 6. The molecule has 0 spiro atoms. The second kappa shape index (κ2) is 11.3. The third kappa shape index (κ3) is 7.81. The van der Waals surface area contributed by atoms with Crippen molar-refractivity contribution in [3.05, 3.63) is 62.0 Å². The number of hydrazine groups is 1. The van der Waals surface area contributed by atoms with Gasteiger partial charge in [0.25, 0.3) is 5.91 Å². The molecular weight excluding hydrogens is 501 g/mol. The van der Waals surface area contributed by atoms with Crippen molar-refractivity contribution in [3.63, 3.8) is 0 Å². The molecule has 0 unspecified atom stereocenters. The molecule has 2 rings (SSSR count). The van der Waals surface area contributed by atoms with Gasteiger partial charge in [0, 0.05) is 21.5 Å². The van der Waals surface area contributed by atoms with Gasteiger partial charge in [-0.25, -0.2) is 0 Å². The van der Waals surface area contributed by atoms with Gasteiger partial charge in [-0.15, -0.1) is 0 Å².